The summed E-state index contributed by atoms with van der Waals surface area (Å²) < 4.78 is 16.9. The normalized spacial score (nSPS) is 10.4. The van der Waals surface area contributed by atoms with Gasteiger partial charge in [-0.3, -0.25) is 0 Å². The Kier molecular flexibility index (Phi) is 3.65. The average molecular weight is 280 g/mol. The highest BCUT2D eigenvalue weighted by atomic mass is 16.5. The number of methoxy groups -OCH3 is 2. The number of fused-ring (bicyclic) bond motifs is 1. The van der Waals surface area contributed by atoms with E-state index in [0.29, 0.717) is 11.5 Å². The minimum Gasteiger partial charge on any atom is -0.496 e. The first-order chi connectivity index (χ1) is 10.3. The fourth-order valence-corrected chi connectivity index (χ4v) is 2.37. The van der Waals surface area contributed by atoms with Crippen LogP contribution in [0.1, 0.15) is 0 Å². The first-order valence-electron chi connectivity index (χ1n) is 6.70. The molecule has 3 aromatic carbocycles. The van der Waals surface area contributed by atoms with Gasteiger partial charge in [-0.2, -0.15) is 0 Å². The molecule has 3 nitrogen and oxygen atoms in total. The van der Waals surface area contributed by atoms with Gasteiger partial charge >= 0.3 is 0 Å². The van der Waals surface area contributed by atoms with Crippen molar-refractivity contribution >= 4 is 10.8 Å². The van der Waals surface area contributed by atoms with Crippen LogP contribution in [0.2, 0.25) is 0 Å². The van der Waals surface area contributed by atoms with Gasteiger partial charge in [0.15, 0.2) is 11.5 Å². The molecule has 0 atom stereocenters. The number of ether oxygens (including phenoxy) is 3. The topological polar surface area (TPSA) is 27.7 Å². The zero-order chi connectivity index (χ0) is 14.7. The number of hydrogen-bond acceptors (Lipinski definition) is 3. The highest BCUT2D eigenvalue weighted by molar-refractivity contribution is 5.95. The van der Waals surface area contributed by atoms with E-state index in [1.165, 1.54) is 0 Å². The highest BCUT2D eigenvalue weighted by Gasteiger charge is 2.12. The third-order valence-electron chi connectivity index (χ3n) is 3.33. The lowest BCUT2D eigenvalue weighted by Gasteiger charge is -2.14. The molecule has 0 saturated carbocycles. The minimum absolute atomic E-state index is 0.685. The number of benzene rings is 3. The predicted octanol–water partition coefficient (Wildman–Crippen LogP) is 4.65. The maximum absolute atomic E-state index is 5.92. The zero-order valence-electron chi connectivity index (χ0n) is 12.0. The molecule has 0 aliphatic carbocycles. The van der Waals surface area contributed by atoms with Gasteiger partial charge in [-0.15, -0.1) is 0 Å². The van der Waals surface area contributed by atoms with Crippen molar-refractivity contribution in [3.63, 3.8) is 0 Å². The van der Waals surface area contributed by atoms with E-state index < -0.39 is 0 Å². The monoisotopic (exact) mass is 280 g/mol. The molecule has 0 unspecified atom stereocenters. The van der Waals surface area contributed by atoms with Crippen LogP contribution in [0.25, 0.3) is 10.8 Å². The van der Waals surface area contributed by atoms with Crippen LogP contribution in [0.3, 0.4) is 0 Å². The van der Waals surface area contributed by atoms with Gasteiger partial charge in [0.25, 0.3) is 0 Å². The van der Waals surface area contributed by atoms with E-state index >= 15 is 0 Å². The van der Waals surface area contributed by atoms with Gasteiger partial charge in [0.2, 0.25) is 0 Å². The van der Waals surface area contributed by atoms with Crippen molar-refractivity contribution in [2.75, 3.05) is 14.2 Å². The lowest BCUT2D eigenvalue weighted by Crippen LogP contribution is -1.93. The largest absolute Gasteiger partial charge is 0.496 e. The molecule has 0 amide bonds. The average Bonchev–Trinajstić information content (AvgIpc) is 2.55. The Labute approximate surface area is 123 Å². The standard InChI is InChI=1S/C18H16O3/c1-19-16-10-6-9-15-14(16)11-12-17(18(15)20-2)21-13-7-4-3-5-8-13/h3-12H,1-2H3. The number of para-hydroxylation sites is 1. The van der Waals surface area contributed by atoms with Crippen molar-refractivity contribution in [1.29, 1.82) is 0 Å². The number of hydrogen-bond donors (Lipinski definition) is 0. The van der Waals surface area contributed by atoms with Crippen LogP contribution in [0.15, 0.2) is 60.7 Å². The summed E-state index contributed by atoms with van der Waals surface area (Å²) in [7, 11) is 3.31. The molecule has 0 aliphatic heterocycles. The van der Waals surface area contributed by atoms with Gasteiger partial charge in [0.1, 0.15) is 11.5 Å². The summed E-state index contributed by atoms with van der Waals surface area (Å²) in [5, 5.41) is 1.96. The molecule has 0 radical (unpaired) electrons. The Morgan fingerprint density at radius 1 is 0.619 bits per heavy atom. The lowest BCUT2D eigenvalue weighted by molar-refractivity contribution is 0.383. The van der Waals surface area contributed by atoms with Crippen LogP contribution in [0.5, 0.6) is 23.0 Å². The molecule has 0 N–H and O–H groups in total. The molecule has 3 aromatic rings. The minimum atomic E-state index is 0.685. The van der Waals surface area contributed by atoms with Crippen LogP contribution in [0, 0.1) is 0 Å². The van der Waals surface area contributed by atoms with Crippen molar-refractivity contribution in [3.05, 3.63) is 60.7 Å². The molecule has 106 valence electrons. The van der Waals surface area contributed by atoms with Crippen molar-refractivity contribution in [2.45, 2.75) is 0 Å². The molecule has 3 rings (SSSR count). The first kappa shape index (κ1) is 13.3. The van der Waals surface area contributed by atoms with Crippen LogP contribution >= 0.6 is 0 Å². The second kappa shape index (κ2) is 5.75. The van der Waals surface area contributed by atoms with Gasteiger partial charge in [0.05, 0.1) is 14.2 Å². The van der Waals surface area contributed by atoms with Crippen molar-refractivity contribution in [2.24, 2.45) is 0 Å². The van der Waals surface area contributed by atoms with Gasteiger partial charge in [0, 0.05) is 10.8 Å². The van der Waals surface area contributed by atoms with E-state index in [9.17, 15) is 0 Å². The van der Waals surface area contributed by atoms with Gasteiger partial charge < -0.3 is 14.2 Å². The third-order valence-corrected chi connectivity index (χ3v) is 3.33. The Morgan fingerprint density at radius 3 is 2.14 bits per heavy atom. The molecular weight excluding hydrogens is 264 g/mol. The van der Waals surface area contributed by atoms with Crippen LogP contribution in [-0.4, -0.2) is 14.2 Å². The SMILES string of the molecule is COc1cccc2c(OC)c(Oc3ccccc3)ccc12. The maximum Gasteiger partial charge on any atom is 0.169 e. The molecule has 0 aliphatic rings. The summed E-state index contributed by atoms with van der Waals surface area (Å²) in [6, 6.07) is 19.4. The van der Waals surface area contributed by atoms with Crippen molar-refractivity contribution < 1.29 is 14.2 Å². The lowest BCUT2D eigenvalue weighted by atomic mass is 10.1. The Morgan fingerprint density at radius 2 is 1.43 bits per heavy atom. The van der Waals surface area contributed by atoms with Crippen LogP contribution < -0.4 is 14.2 Å². The summed E-state index contributed by atoms with van der Waals surface area (Å²) in [6.07, 6.45) is 0. The van der Waals surface area contributed by atoms with E-state index in [2.05, 4.69) is 0 Å². The molecule has 0 aromatic heterocycles. The second-order valence-electron chi connectivity index (χ2n) is 4.57. The third kappa shape index (κ3) is 2.50. The zero-order valence-corrected chi connectivity index (χ0v) is 12.0. The van der Waals surface area contributed by atoms with Gasteiger partial charge in [-0.25, -0.2) is 0 Å². The van der Waals surface area contributed by atoms with Crippen LogP contribution in [0.4, 0.5) is 0 Å². The fraction of sp³-hybridized carbons (Fsp3) is 0.111. The molecule has 0 heterocycles. The summed E-state index contributed by atoms with van der Waals surface area (Å²) in [6.45, 7) is 0. The highest BCUT2D eigenvalue weighted by Crippen LogP contribution is 2.40. The number of rotatable bonds is 4. The molecular formula is C18H16O3. The molecule has 0 fully saturated rings. The molecule has 3 heteroatoms. The maximum atomic E-state index is 5.92. The Hall–Kier alpha value is -2.68. The summed E-state index contributed by atoms with van der Waals surface area (Å²) in [4.78, 5) is 0. The summed E-state index contributed by atoms with van der Waals surface area (Å²) in [5.74, 6) is 2.98. The van der Waals surface area contributed by atoms with Gasteiger partial charge in [-0.05, 0) is 30.3 Å². The molecule has 0 spiro atoms. The summed E-state index contributed by atoms with van der Waals surface area (Å²) in [5.41, 5.74) is 0. The molecule has 0 bridgehead atoms. The smallest absolute Gasteiger partial charge is 0.169 e. The summed E-state index contributed by atoms with van der Waals surface area (Å²) >= 11 is 0. The first-order valence-corrected chi connectivity index (χ1v) is 6.70. The van der Waals surface area contributed by atoms with Crippen molar-refractivity contribution in [3.8, 4) is 23.0 Å². The fourth-order valence-electron chi connectivity index (χ4n) is 2.37. The second-order valence-corrected chi connectivity index (χ2v) is 4.57. The van der Waals surface area contributed by atoms with E-state index in [4.69, 9.17) is 14.2 Å². The Balaban J connectivity index is 2.12. The predicted molar refractivity (Wildman–Crippen MR) is 83.6 cm³/mol. The van der Waals surface area contributed by atoms with E-state index in [1.54, 1.807) is 14.2 Å². The van der Waals surface area contributed by atoms with E-state index in [-0.39, 0.29) is 0 Å². The van der Waals surface area contributed by atoms with Crippen LogP contribution in [-0.2, 0) is 0 Å². The molecule has 0 saturated heterocycles. The quantitative estimate of drug-likeness (QED) is 0.696. The van der Waals surface area contributed by atoms with E-state index in [0.717, 1.165) is 22.3 Å². The van der Waals surface area contributed by atoms with E-state index in [1.807, 2.05) is 60.7 Å². The Bertz CT molecular complexity index is 751. The molecule has 21 heavy (non-hydrogen) atoms. The van der Waals surface area contributed by atoms with Crippen molar-refractivity contribution in [1.82, 2.24) is 0 Å². The van der Waals surface area contributed by atoms with Gasteiger partial charge in [-0.1, -0.05) is 30.3 Å².